The summed E-state index contributed by atoms with van der Waals surface area (Å²) in [6.45, 7) is 0. The number of halogens is 2. The van der Waals surface area contributed by atoms with Gasteiger partial charge in [-0.05, 0) is 12.1 Å². The largest absolute Gasteiger partial charge is 0.437 e. The van der Waals surface area contributed by atoms with Crippen LogP contribution in [-0.4, -0.2) is 10.9 Å². The number of carbonyl (C=O) groups is 1. The van der Waals surface area contributed by atoms with Crippen molar-refractivity contribution >= 4 is 29.1 Å². The van der Waals surface area contributed by atoms with Gasteiger partial charge in [0.2, 0.25) is 0 Å². The number of amides is 1. The van der Waals surface area contributed by atoms with Crippen LogP contribution in [0.5, 0.6) is 11.6 Å². The molecule has 88 valence electrons. The molecule has 1 aromatic heterocycles. The van der Waals surface area contributed by atoms with Crippen LogP contribution in [0.1, 0.15) is 10.7 Å². The lowest BCUT2D eigenvalue weighted by Gasteiger charge is -2.02. The Morgan fingerprint density at radius 3 is 2.71 bits per heavy atom. The SMILES string of the molecule is NC(=O)c1nc(Oc2ccc(Cl)c(Cl)c2)co1. The highest BCUT2D eigenvalue weighted by atomic mass is 35.5. The van der Waals surface area contributed by atoms with Crippen LogP contribution in [0.4, 0.5) is 0 Å². The molecule has 0 aliphatic heterocycles. The van der Waals surface area contributed by atoms with Crippen LogP contribution in [0, 0.1) is 0 Å². The Balaban J connectivity index is 2.19. The van der Waals surface area contributed by atoms with E-state index in [0.29, 0.717) is 15.8 Å². The van der Waals surface area contributed by atoms with Crippen molar-refractivity contribution < 1.29 is 13.9 Å². The van der Waals surface area contributed by atoms with Crippen LogP contribution in [0.3, 0.4) is 0 Å². The minimum atomic E-state index is -0.769. The van der Waals surface area contributed by atoms with Crippen molar-refractivity contribution in [2.45, 2.75) is 0 Å². The number of nitrogens with two attached hydrogens (primary N) is 1. The van der Waals surface area contributed by atoms with Crippen LogP contribution in [-0.2, 0) is 0 Å². The van der Waals surface area contributed by atoms with Crippen molar-refractivity contribution in [1.82, 2.24) is 4.98 Å². The fourth-order valence-corrected chi connectivity index (χ4v) is 1.37. The summed E-state index contributed by atoms with van der Waals surface area (Å²) in [5, 5.41) is 0.764. The number of rotatable bonds is 3. The second-order valence-corrected chi connectivity index (χ2v) is 3.85. The molecule has 0 unspecified atom stereocenters. The molecule has 2 aromatic rings. The van der Waals surface area contributed by atoms with Crippen molar-refractivity contribution in [2.24, 2.45) is 5.73 Å². The number of aromatic nitrogens is 1. The number of benzene rings is 1. The second-order valence-electron chi connectivity index (χ2n) is 3.03. The zero-order valence-electron chi connectivity index (χ0n) is 8.31. The third-order valence-corrected chi connectivity index (χ3v) is 2.55. The topological polar surface area (TPSA) is 78.4 Å². The predicted octanol–water partition coefficient (Wildman–Crippen LogP) is 2.87. The molecule has 0 saturated carbocycles. The van der Waals surface area contributed by atoms with Gasteiger partial charge >= 0.3 is 5.91 Å². The van der Waals surface area contributed by atoms with Crippen LogP contribution in [0.25, 0.3) is 0 Å². The second kappa shape index (κ2) is 4.65. The number of nitrogens with zero attached hydrogens (tertiary/aromatic N) is 1. The van der Waals surface area contributed by atoms with Gasteiger partial charge in [0.25, 0.3) is 11.8 Å². The van der Waals surface area contributed by atoms with Gasteiger partial charge in [-0.3, -0.25) is 4.79 Å². The maximum atomic E-state index is 10.7. The zero-order valence-corrected chi connectivity index (χ0v) is 9.83. The number of oxazole rings is 1. The van der Waals surface area contributed by atoms with Gasteiger partial charge in [0.05, 0.1) is 10.0 Å². The van der Waals surface area contributed by atoms with Crippen molar-refractivity contribution in [1.29, 1.82) is 0 Å². The summed E-state index contributed by atoms with van der Waals surface area (Å²) >= 11 is 11.6. The highest BCUT2D eigenvalue weighted by Gasteiger charge is 2.11. The average Bonchev–Trinajstić information content (AvgIpc) is 2.72. The Labute approximate surface area is 106 Å². The number of primary amides is 1. The molecule has 0 saturated heterocycles. The number of ether oxygens (including phenoxy) is 1. The monoisotopic (exact) mass is 272 g/mol. The van der Waals surface area contributed by atoms with E-state index in [2.05, 4.69) is 4.98 Å². The van der Waals surface area contributed by atoms with Crippen LogP contribution < -0.4 is 10.5 Å². The first kappa shape index (κ1) is 11.8. The Morgan fingerprint density at radius 1 is 1.35 bits per heavy atom. The number of carbonyl (C=O) groups excluding carboxylic acids is 1. The summed E-state index contributed by atoms with van der Waals surface area (Å²) < 4.78 is 10.1. The molecule has 1 aromatic carbocycles. The van der Waals surface area contributed by atoms with Gasteiger partial charge in [0.1, 0.15) is 5.75 Å². The summed E-state index contributed by atoms with van der Waals surface area (Å²) in [4.78, 5) is 14.5. The van der Waals surface area contributed by atoms with Crippen molar-refractivity contribution in [2.75, 3.05) is 0 Å². The molecule has 5 nitrogen and oxygen atoms in total. The molecule has 17 heavy (non-hydrogen) atoms. The fraction of sp³-hybridized carbons (Fsp3) is 0. The summed E-state index contributed by atoms with van der Waals surface area (Å²) in [6.07, 6.45) is 1.17. The van der Waals surface area contributed by atoms with Gasteiger partial charge < -0.3 is 14.9 Å². The zero-order chi connectivity index (χ0) is 12.4. The van der Waals surface area contributed by atoms with Gasteiger partial charge in [-0.2, -0.15) is 4.98 Å². The van der Waals surface area contributed by atoms with Crippen molar-refractivity contribution in [3.63, 3.8) is 0 Å². The van der Waals surface area contributed by atoms with E-state index in [-0.39, 0.29) is 11.8 Å². The highest BCUT2D eigenvalue weighted by molar-refractivity contribution is 6.42. The molecule has 0 aliphatic carbocycles. The quantitative estimate of drug-likeness (QED) is 0.932. The maximum Gasteiger partial charge on any atom is 0.304 e. The molecule has 0 radical (unpaired) electrons. The highest BCUT2D eigenvalue weighted by Crippen LogP contribution is 2.28. The van der Waals surface area contributed by atoms with E-state index >= 15 is 0 Å². The van der Waals surface area contributed by atoms with Gasteiger partial charge in [0.15, 0.2) is 6.26 Å². The van der Waals surface area contributed by atoms with Crippen LogP contribution >= 0.6 is 23.2 Å². The molecule has 7 heteroatoms. The van der Waals surface area contributed by atoms with E-state index in [4.69, 9.17) is 38.1 Å². The number of hydrogen-bond acceptors (Lipinski definition) is 4. The third-order valence-electron chi connectivity index (χ3n) is 1.81. The Kier molecular flexibility index (Phi) is 3.21. The Morgan fingerprint density at radius 2 is 2.12 bits per heavy atom. The van der Waals surface area contributed by atoms with Gasteiger partial charge in [-0.25, -0.2) is 0 Å². The fourth-order valence-electron chi connectivity index (χ4n) is 1.08. The average molecular weight is 273 g/mol. The van der Waals surface area contributed by atoms with E-state index in [1.165, 1.54) is 12.3 Å². The summed E-state index contributed by atoms with van der Waals surface area (Å²) in [7, 11) is 0. The first-order chi connectivity index (χ1) is 8.06. The molecule has 1 amide bonds. The maximum absolute atomic E-state index is 10.7. The first-order valence-corrected chi connectivity index (χ1v) is 5.20. The normalized spacial score (nSPS) is 10.2. The molecule has 0 fully saturated rings. The third kappa shape index (κ3) is 2.69. The lowest BCUT2D eigenvalue weighted by Crippen LogP contribution is -2.10. The lowest BCUT2D eigenvalue weighted by molar-refractivity contribution is 0.0967. The molecule has 0 bridgehead atoms. The first-order valence-electron chi connectivity index (χ1n) is 4.44. The predicted molar refractivity (Wildman–Crippen MR) is 61.6 cm³/mol. The summed E-state index contributed by atoms with van der Waals surface area (Å²) in [6, 6.07) is 4.70. The smallest absolute Gasteiger partial charge is 0.304 e. The minimum Gasteiger partial charge on any atom is -0.437 e. The molecular formula is C10H6Cl2N2O3. The lowest BCUT2D eigenvalue weighted by atomic mass is 10.3. The standard InChI is InChI=1S/C10H6Cl2N2O3/c11-6-2-1-5(3-7(6)12)17-8-4-16-10(14-8)9(13)15/h1-4H,(H2,13,15). The van der Waals surface area contributed by atoms with E-state index in [1.807, 2.05) is 0 Å². The summed E-state index contributed by atoms with van der Waals surface area (Å²) in [5.74, 6) is -0.463. The van der Waals surface area contributed by atoms with E-state index in [9.17, 15) is 4.79 Å². The molecule has 2 N–H and O–H groups in total. The van der Waals surface area contributed by atoms with E-state index < -0.39 is 5.91 Å². The Bertz CT molecular complexity index is 568. The molecule has 2 rings (SSSR count). The van der Waals surface area contributed by atoms with E-state index in [1.54, 1.807) is 12.1 Å². The van der Waals surface area contributed by atoms with Gasteiger partial charge in [-0.15, -0.1) is 0 Å². The van der Waals surface area contributed by atoms with Crippen molar-refractivity contribution in [3.05, 3.63) is 40.4 Å². The molecule has 0 atom stereocenters. The van der Waals surface area contributed by atoms with Gasteiger partial charge in [-0.1, -0.05) is 23.2 Å². The van der Waals surface area contributed by atoms with Crippen LogP contribution in [0.15, 0.2) is 28.9 Å². The molecule has 0 spiro atoms. The summed E-state index contributed by atoms with van der Waals surface area (Å²) in [5.41, 5.74) is 4.98. The number of hydrogen-bond donors (Lipinski definition) is 1. The Hall–Kier alpha value is -1.72. The molecule has 1 heterocycles. The molecule has 0 aliphatic rings. The van der Waals surface area contributed by atoms with Crippen LogP contribution in [0.2, 0.25) is 10.0 Å². The van der Waals surface area contributed by atoms with Crippen molar-refractivity contribution in [3.8, 4) is 11.6 Å². The van der Waals surface area contributed by atoms with Gasteiger partial charge in [0, 0.05) is 6.07 Å². The minimum absolute atomic E-state index is 0.109. The molecular weight excluding hydrogens is 267 g/mol. The van der Waals surface area contributed by atoms with E-state index in [0.717, 1.165) is 0 Å².